The zero-order chi connectivity index (χ0) is 13.1. The first-order valence-corrected chi connectivity index (χ1v) is 6.45. The number of benzene rings is 1. The minimum absolute atomic E-state index is 0.318. The molecule has 1 aliphatic carbocycles. The van der Waals surface area contributed by atoms with Crippen LogP contribution in [0.3, 0.4) is 0 Å². The van der Waals surface area contributed by atoms with Crippen LogP contribution in [0.5, 0.6) is 0 Å². The summed E-state index contributed by atoms with van der Waals surface area (Å²) >= 11 is 0. The maximum absolute atomic E-state index is 13.6. The van der Waals surface area contributed by atoms with Gasteiger partial charge in [0.25, 0.3) is 0 Å². The summed E-state index contributed by atoms with van der Waals surface area (Å²) in [5, 5.41) is 3.41. The van der Waals surface area contributed by atoms with Crippen molar-refractivity contribution in [2.45, 2.75) is 32.7 Å². The first-order valence-electron chi connectivity index (χ1n) is 6.45. The molecular weight excluding hydrogens is 232 g/mol. The highest BCUT2D eigenvalue weighted by Gasteiger charge is 2.21. The van der Waals surface area contributed by atoms with Crippen molar-refractivity contribution >= 4 is 6.08 Å². The molecule has 0 atom stereocenters. The number of hydrogen-bond acceptors (Lipinski definition) is 1. The molecule has 3 heteroatoms. The molecule has 0 bridgehead atoms. The Labute approximate surface area is 107 Å². The van der Waals surface area contributed by atoms with Crippen LogP contribution in [0.4, 0.5) is 8.78 Å². The highest BCUT2D eigenvalue weighted by Crippen LogP contribution is 2.22. The van der Waals surface area contributed by atoms with Gasteiger partial charge in [-0.3, -0.25) is 0 Å². The fraction of sp³-hybridized carbons (Fsp3) is 0.467. The summed E-state index contributed by atoms with van der Waals surface area (Å²) in [5.74, 6) is -1.23. The second-order valence-electron chi connectivity index (χ2n) is 5.17. The fourth-order valence-electron chi connectivity index (χ4n) is 1.80. The Morgan fingerprint density at radius 2 is 2.11 bits per heavy atom. The largest absolute Gasteiger partial charge is 0.310 e. The lowest BCUT2D eigenvalue weighted by atomic mass is 10.00. The van der Waals surface area contributed by atoms with Crippen molar-refractivity contribution in [3.05, 3.63) is 41.0 Å². The lowest BCUT2D eigenvalue weighted by Crippen LogP contribution is -2.21. The van der Waals surface area contributed by atoms with Crippen LogP contribution in [0.2, 0.25) is 0 Å². The average Bonchev–Trinajstić information content (AvgIpc) is 3.13. The fourth-order valence-corrected chi connectivity index (χ4v) is 1.80. The smallest absolute Gasteiger partial charge is 0.166 e. The van der Waals surface area contributed by atoms with Gasteiger partial charge in [-0.25, -0.2) is 8.78 Å². The Balaban J connectivity index is 2.16. The molecule has 0 spiro atoms. The van der Waals surface area contributed by atoms with Gasteiger partial charge in [0.15, 0.2) is 11.6 Å². The van der Waals surface area contributed by atoms with E-state index >= 15 is 0 Å². The van der Waals surface area contributed by atoms with Crippen LogP contribution < -0.4 is 5.32 Å². The molecule has 18 heavy (non-hydrogen) atoms. The van der Waals surface area contributed by atoms with Crippen LogP contribution in [-0.4, -0.2) is 12.6 Å². The van der Waals surface area contributed by atoms with Gasteiger partial charge in [0.05, 0.1) is 0 Å². The lowest BCUT2D eigenvalue weighted by molar-refractivity contribution is 0.506. The van der Waals surface area contributed by atoms with E-state index in [1.54, 1.807) is 12.1 Å². The van der Waals surface area contributed by atoms with E-state index in [4.69, 9.17) is 0 Å². The van der Waals surface area contributed by atoms with E-state index in [0.29, 0.717) is 17.5 Å². The molecule has 98 valence electrons. The van der Waals surface area contributed by atoms with Crippen molar-refractivity contribution in [2.75, 3.05) is 6.54 Å². The summed E-state index contributed by atoms with van der Waals surface area (Å²) in [6, 6.07) is 4.91. The van der Waals surface area contributed by atoms with Crippen molar-refractivity contribution in [3.8, 4) is 0 Å². The van der Waals surface area contributed by atoms with E-state index in [1.807, 2.05) is 0 Å². The molecule has 0 radical (unpaired) electrons. The van der Waals surface area contributed by atoms with E-state index in [9.17, 15) is 8.78 Å². The van der Waals surface area contributed by atoms with E-state index < -0.39 is 11.6 Å². The molecule has 1 aromatic rings. The second kappa shape index (κ2) is 5.61. The third-order valence-corrected chi connectivity index (χ3v) is 3.24. The summed E-state index contributed by atoms with van der Waals surface area (Å²) in [7, 11) is 0. The summed E-state index contributed by atoms with van der Waals surface area (Å²) < 4.78 is 26.7. The quantitative estimate of drug-likeness (QED) is 0.840. The van der Waals surface area contributed by atoms with E-state index in [-0.39, 0.29) is 0 Å². The third kappa shape index (κ3) is 3.39. The highest BCUT2D eigenvalue weighted by atomic mass is 19.2. The Morgan fingerprint density at radius 3 is 2.72 bits per heavy atom. The van der Waals surface area contributed by atoms with Gasteiger partial charge in [-0.1, -0.05) is 37.6 Å². The van der Waals surface area contributed by atoms with Crippen molar-refractivity contribution in [2.24, 2.45) is 5.92 Å². The van der Waals surface area contributed by atoms with Crippen molar-refractivity contribution in [1.82, 2.24) is 5.32 Å². The van der Waals surface area contributed by atoms with Gasteiger partial charge in [0, 0.05) is 18.2 Å². The molecule has 2 rings (SSSR count). The maximum atomic E-state index is 13.6. The second-order valence-corrected chi connectivity index (χ2v) is 5.17. The molecule has 1 N–H and O–H groups in total. The normalized spacial score (nSPS) is 16.4. The Bertz CT molecular complexity index is 448. The molecule has 0 heterocycles. The predicted molar refractivity (Wildman–Crippen MR) is 70.2 cm³/mol. The lowest BCUT2D eigenvalue weighted by Gasteiger charge is -2.13. The molecular formula is C15H19F2N. The Hall–Kier alpha value is -1.22. The van der Waals surface area contributed by atoms with Crippen LogP contribution in [0, 0.1) is 17.6 Å². The molecule has 0 amide bonds. The molecule has 1 saturated carbocycles. The number of rotatable bonds is 5. The molecule has 1 fully saturated rings. The molecule has 1 aliphatic rings. The van der Waals surface area contributed by atoms with Crippen molar-refractivity contribution < 1.29 is 8.78 Å². The van der Waals surface area contributed by atoms with Gasteiger partial charge in [0.1, 0.15) is 0 Å². The summed E-state index contributed by atoms with van der Waals surface area (Å²) in [4.78, 5) is 0. The molecule has 1 aromatic carbocycles. The minimum atomic E-state index is -0.790. The molecule has 0 saturated heterocycles. The standard InChI is InChI=1S/C15H19F2N/c1-10(2)12(9-18-13-6-7-13)8-11-4-3-5-14(16)15(11)17/h3-5,8,10,13,18H,6-7,9H2,1-2H3. The van der Waals surface area contributed by atoms with Gasteiger partial charge in [-0.15, -0.1) is 0 Å². The number of hydrogen-bond donors (Lipinski definition) is 1. The summed E-state index contributed by atoms with van der Waals surface area (Å²) in [5.41, 5.74) is 1.43. The van der Waals surface area contributed by atoms with Crippen molar-refractivity contribution in [3.63, 3.8) is 0 Å². The summed E-state index contributed by atoms with van der Waals surface area (Å²) in [6.45, 7) is 4.88. The minimum Gasteiger partial charge on any atom is -0.310 e. The topological polar surface area (TPSA) is 12.0 Å². The van der Waals surface area contributed by atoms with E-state index in [2.05, 4.69) is 19.2 Å². The van der Waals surface area contributed by atoms with Gasteiger partial charge in [-0.05, 0) is 24.8 Å². The van der Waals surface area contributed by atoms with Gasteiger partial charge >= 0.3 is 0 Å². The zero-order valence-electron chi connectivity index (χ0n) is 10.8. The molecule has 0 unspecified atom stereocenters. The monoisotopic (exact) mass is 251 g/mol. The van der Waals surface area contributed by atoms with E-state index in [0.717, 1.165) is 18.2 Å². The van der Waals surface area contributed by atoms with Crippen LogP contribution in [0.25, 0.3) is 6.08 Å². The van der Waals surface area contributed by atoms with Crippen molar-refractivity contribution in [1.29, 1.82) is 0 Å². The maximum Gasteiger partial charge on any atom is 0.166 e. The van der Waals surface area contributed by atoms with Gasteiger partial charge < -0.3 is 5.32 Å². The van der Waals surface area contributed by atoms with E-state index in [1.165, 1.54) is 18.9 Å². The predicted octanol–water partition coefficient (Wildman–Crippen LogP) is 3.76. The Morgan fingerprint density at radius 1 is 1.39 bits per heavy atom. The van der Waals surface area contributed by atoms with Crippen LogP contribution in [-0.2, 0) is 0 Å². The van der Waals surface area contributed by atoms with Crippen LogP contribution >= 0.6 is 0 Å². The SMILES string of the molecule is CC(C)C(=Cc1cccc(F)c1F)CNC1CC1. The highest BCUT2D eigenvalue weighted by molar-refractivity contribution is 5.54. The summed E-state index contributed by atoms with van der Waals surface area (Å²) in [6.07, 6.45) is 4.21. The molecule has 0 aromatic heterocycles. The third-order valence-electron chi connectivity index (χ3n) is 3.24. The first kappa shape index (κ1) is 13.2. The Kier molecular flexibility index (Phi) is 4.12. The first-order chi connectivity index (χ1) is 8.58. The zero-order valence-corrected chi connectivity index (χ0v) is 10.8. The van der Waals surface area contributed by atoms with Crippen LogP contribution in [0.1, 0.15) is 32.3 Å². The molecule has 0 aliphatic heterocycles. The van der Waals surface area contributed by atoms with Gasteiger partial charge in [0.2, 0.25) is 0 Å². The molecule has 1 nitrogen and oxygen atoms in total. The average molecular weight is 251 g/mol. The number of halogens is 2. The number of nitrogens with one attached hydrogen (secondary N) is 1. The van der Waals surface area contributed by atoms with Crippen LogP contribution in [0.15, 0.2) is 23.8 Å². The van der Waals surface area contributed by atoms with Gasteiger partial charge in [-0.2, -0.15) is 0 Å².